The number of ketones is 1. The topological polar surface area (TPSA) is 72.5 Å². The summed E-state index contributed by atoms with van der Waals surface area (Å²) in [6.45, 7) is 1.57. The Morgan fingerprint density at radius 1 is 1.12 bits per heavy atom. The van der Waals surface area contributed by atoms with Crippen LogP contribution in [0.2, 0.25) is 0 Å². The third kappa shape index (κ3) is 3.66. The van der Waals surface area contributed by atoms with Crippen molar-refractivity contribution in [3.63, 3.8) is 0 Å². The average molecular weight is 329 g/mol. The van der Waals surface area contributed by atoms with Crippen molar-refractivity contribution in [3.05, 3.63) is 30.3 Å². The van der Waals surface area contributed by atoms with E-state index in [0.717, 1.165) is 19.3 Å². The number of fused-ring (bicyclic) bond motifs is 2. The number of nitrogens with one attached hydrogen (secondary N) is 1. The van der Waals surface area contributed by atoms with Crippen molar-refractivity contribution in [1.82, 2.24) is 0 Å². The first-order chi connectivity index (χ1) is 11.5. The fraction of sp³-hybridized carbons (Fsp3) is 0.526. The van der Waals surface area contributed by atoms with Crippen LogP contribution in [0, 0.1) is 17.8 Å². The van der Waals surface area contributed by atoms with Gasteiger partial charge < -0.3 is 10.1 Å². The number of amides is 1. The molecule has 0 aliphatic heterocycles. The van der Waals surface area contributed by atoms with Crippen LogP contribution in [0.5, 0.6) is 0 Å². The fourth-order valence-electron chi connectivity index (χ4n) is 3.76. The van der Waals surface area contributed by atoms with Gasteiger partial charge in [0.25, 0.3) is 5.91 Å². The van der Waals surface area contributed by atoms with Crippen molar-refractivity contribution in [2.75, 3.05) is 5.32 Å². The van der Waals surface area contributed by atoms with Gasteiger partial charge in [0.05, 0.1) is 5.92 Å². The first-order valence-electron chi connectivity index (χ1n) is 8.64. The van der Waals surface area contributed by atoms with Gasteiger partial charge in [-0.05, 0) is 44.7 Å². The Labute approximate surface area is 141 Å². The minimum Gasteiger partial charge on any atom is -0.452 e. The number of carbonyl (C=O) groups is 3. The van der Waals surface area contributed by atoms with Crippen LogP contribution in [0.15, 0.2) is 30.3 Å². The maximum atomic E-state index is 12.4. The van der Waals surface area contributed by atoms with Gasteiger partial charge >= 0.3 is 5.97 Å². The molecule has 24 heavy (non-hydrogen) atoms. The Hall–Kier alpha value is -2.17. The minimum absolute atomic E-state index is 0.00324. The average Bonchev–Trinajstić information content (AvgIpc) is 2.55. The fourth-order valence-corrected chi connectivity index (χ4v) is 3.76. The molecule has 2 aliphatic carbocycles. The number of Topliss-reactive ketones (excluding diaryl/α,β-unsaturated/α-hetero) is 1. The van der Waals surface area contributed by atoms with Crippen LogP contribution >= 0.6 is 0 Å². The van der Waals surface area contributed by atoms with Gasteiger partial charge in [0.2, 0.25) is 0 Å². The van der Waals surface area contributed by atoms with Crippen molar-refractivity contribution in [2.45, 2.75) is 45.1 Å². The molecule has 4 atom stereocenters. The van der Waals surface area contributed by atoms with E-state index < -0.39 is 6.10 Å². The molecule has 2 saturated carbocycles. The zero-order valence-electron chi connectivity index (χ0n) is 13.9. The molecule has 0 heterocycles. The zero-order chi connectivity index (χ0) is 17.1. The van der Waals surface area contributed by atoms with Crippen molar-refractivity contribution < 1.29 is 19.1 Å². The van der Waals surface area contributed by atoms with Crippen LogP contribution in [-0.4, -0.2) is 23.8 Å². The summed E-state index contributed by atoms with van der Waals surface area (Å²) in [5.74, 6) is -0.631. The van der Waals surface area contributed by atoms with Crippen LogP contribution in [0.3, 0.4) is 0 Å². The maximum Gasteiger partial charge on any atom is 0.309 e. The lowest BCUT2D eigenvalue weighted by molar-refractivity contribution is -0.161. The van der Waals surface area contributed by atoms with Crippen LogP contribution < -0.4 is 5.32 Å². The molecule has 1 aromatic carbocycles. The monoisotopic (exact) mass is 329 g/mol. The molecule has 1 amide bonds. The Balaban J connectivity index is 1.54. The molecule has 2 bridgehead atoms. The van der Waals surface area contributed by atoms with Crippen LogP contribution in [0.25, 0.3) is 0 Å². The van der Waals surface area contributed by atoms with Gasteiger partial charge in [-0.15, -0.1) is 0 Å². The number of anilines is 1. The summed E-state index contributed by atoms with van der Waals surface area (Å²) in [7, 11) is 0. The molecule has 128 valence electrons. The predicted octanol–water partition coefficient (Wildman–Crippen LogP) is 2.95. The summed E-state index contributed by atoms with van der Waals surface area (Å²) in [6.07, 6.45) is 3.11. The van der Waals surface area contributed by atoms with Crippen molar-refractivity contribution in [1.29, 1.82) is 0 Å². The van der Waals surface area contributed by atoms with E-state index in [1.54, 1.807) is 19.1 Å². The molecule has 5 nitrogen and oxygen atoms in total. The lowest BCUT2D eigenvalue weighted by atomic mass is 9.67. The highest BCUT2D eigenvalue weighted by Crippen LogP contribution is 2.40. The molecule has 0 spiro atoms. The Kier molecular flexibility index (Phi) is 4.97. The van der Waals surface area contributed by atoms with Gasteiger partial charge in [-0.2, -0.15) is 0 Å². The molecule has 2 aliphatic rings. The molecular formula is C19H23NO4. The normalized spacial score (nSPS) is 27.2. The summed E-state index contributed by atoms with van der Waals surface area (Å²) in [4.78, 5) is 36.6. The lowest BCUT2D eigenvalue weighted by Gasteiger charge is -2.36. The molecule has 0 saturated heterocycles. The van der Waals surface area contributed by atoms with Crippen molar-refractivity contribution >= 4 is 23.3 Å². The van der Waals surface area contributed by atoms with E-state index in [4.69, 9.17) is 4.74 Å². The van der Waals surface area contributed by atoms with Crippen molar-refractivity contribution in [3.8, 4) is 0 Å². The molecule has 5 heteroatoms. The summed E-state index contributed by atoms with van der Waals surface area (Å²) >= 11 is 0. The van der Waals surface area contributed by atoms with E-state index in [2.05, 4.69) is 5.32 Å². The lowest BCUT2D eigenvalue weighted by Crippen LogP contribution is -2.41. The number of hydrogen-bond donors (Lipinski definition) is 1. The van der Waals surface area contributed by atoms with E-state index in [1.165, 1.54) is 0 Å². The third-order valence-electron chi connectivity index (χ3n) is 5.08. The molecule has 3 rings (SSSR count). The largest absolute Gasteiger partial charge is 0.452 e. The van der Waals surface area contributed by atoms with Gasteiger partial charge in [0.1, 0.15) is 5.78 Å². The van der Waals surface area contributed by atoms with E-state index in [-0.39, 0.29) is 29.6 Å². The summed E-state index contributed by atoms with van der Waals surface area (Å²) in [5.41, 5.74) is 0.670. The number of carbonyl (C=O) groups excluding carboxylic acids is 3. The molecule has 0 radical (unpaired) electrons. The number of benzene rings is 1. The van der Waals surface area contributed by atoms with Crippen LogP contribution in [0.1, 0.15) is 39.0 Å². The third-order valence-corrected chi connectivity index (χ3v) is 5.08. The summed E-state index contributed by atoms with van der Waals surface area (Å²) in [5, 5.41) is 2.73. The second kappa shape index (κ2) is 7.16. The Bertz CT molecular complexity index is 612. The van der Waals surface area contributed by atoms with Gasteiger partial charge in [-0.3, -0.25) is 14.4 Å². The standard InChI is InChI=1S/C19H23NO4/c1-12(18(22)20-16-8-3-2-4-9-16)24-19(23)15-10-13-6-5-7-14(11-15)17(13)21/h2-4,8-9,12-15H,5-7,10-11H2,1H3,(H,20,22)/t12-,13-,14+,15?/m1/s1. The van der Waals surface area contributed by atoms with Gasteiger partial charge in [-0.25, -0.2) is 0 Å². The minimum atomic E-state index is -0.852. The molecule has 2 fully saturated rings. The second-order valence-corrected chi connectivity index (χ2v) is 6.83. The number of rotatable bonds is 4. The van der Waals surface area contributed by atoms with Crippen molar-refractivity contribution in [2.24, 2.45) is 17.8 Å². The molecule has 0 aromatic heterocycles. The summed E-state index contributed by atoms with van der Waals surface area (Å²) in [6, 6.07) is 9.06. The summed E-state index contributed by atoms with van der Waals surface area (Å²) < 4.78 is 5.36. The number of esters is 1. The molecule has 1 aromatic rings. The number of hydrogen-bond acceptors (Lipinski definition) is 4. The SMILES string of the molecule is C[C@@H](OC(=O)C1C[C@H]2CCC[C@@H](C1)C2=O)C(=O)Nc1ccccc1. The smallest absolute Gasteiger partial charge is 0.309 e. The predicted molar refractivity (Wildman–Crippen MR) is 89.2 cm³/mol. The van der Waals surface area contributed by atoms with E-state index >= 15 is 0 Å². The molecule has 1 unspecified atom stereocenters. The Morgan fingerprint density at radius 3 is 2.38 bits per heavy atom. The van der Waals surface area contributed by atoms with E-state index in [0.29, 0.717) is 24.3 Å². The molecular weight excluding hydrogens is 306 g/mol. The van der Waals surface area contributed by atoms with Gasteiger partial charge in [0, 0.05) is 17.5 Å². The maximum absolute atomic E-state index is 12.4. The molecule has 1 N–H and O–H groups in total. The highest BCUT2D eigenvalue weighted by atomic mass is 16.5. The van der Waals surface area contributed by atoms with Gasteiger partial charge in [0.15, 0.2) is 6.10 Å². The van der Waals surface area contributed by atoms with Crippen LogP contribution in [0.4, 0.5) is 5.69 Å². The number of para-hydroxylation sites is 1. The highest BCUT2D eigenvalue weighted by Gasteiger charge is 2.42. The zero-order valence-corrected chi connectivity index (χ0v) is 13.9. The number of ether oxygens (including phenoxy) is 1. The first kappa shape index (κ1) is 16.7. The van der Waals surface area contributed by atoms with Crippen LogP contribution in [-0.2, 0) is 19.1 Å². The first-order valence-corrected chi connectivity index (χ1v) is 8.64. The van der Waals surface area contributed by atoms with E-state index in [9.17, 15) is 14.4 Å². The van der Waals surface area contributed by atoms with E-state index in [1.807, 2.05) is 18.2 Å². The quantitative estimate of drug-likeness (QED) is 0.862. The highest BCUT2D eigenvalue weighted by molar-refractivity contribution is 5.95. The van der Waals surface area contributed by atoms with Gasteiger partial charge in [-0.1, -0.05) is 24.6 Å². The Morgan fingerprint density at radius 2 is 1.75 bits per heavy atom. The second-order valence-electron chi connectivity index (χ2n) is 6.83.